The van der Waals surface area contributed by atoms with E-state index in [1.165, 1.54) is 12.4 Å². The summed E-state index contributed by atoms with van der Waals surface area (Å²) in [5.74, 6) is 9.78. The molecule has 0 bridgehead atoms. The molecular formula is C34H36N6O3. The van der Waals surface area contributed by atoms with Gasteiger partial charge in [0, 0.05) is 62.4 Å². The van der Waals surface area contributed by atoms with Gasteiger partial charge in [0.05, 0.1) is 12.0 Å². The molecule has 9 heteroatoms. The number of aromatic nitrogens is 3. The van der Waals surface area contributed by atoms with Gasteiger partial charge >= 0.3 is 0 Å². The molecule has 0 saturated carbocycles. The van der Waals surface area contributed by atoms with Gasteiger partial charge in [-0.3, -0.25) is 9.69 Å². The smallest absolute Gasteiger partial charge is 0.245 e. The molecule has 2 saturated heterocycles. The van der Waals surface area contributed by atoms with Crippen molar-refractivity contribution < 1.29 is 14.3 Å². The molecule has 2 N–H and O–H groups in total. The van der Waals surface area contributed by atoms with Crippen molar-refractivity contribution in [2.75, 3.05) is 38.5 Å². The second-order valence-electron chi connectivity index (χ2n) is 10.9. The predicted octanol–water partition coefficient (Wildman–Crippen LogP) is 4.87. The van der Waals surface area contributed by atoms with Gasteiger partial charge in [-0.25, -0.2) is 9.97 Å². The summed E-state index contributed by atoms with van der Waals surface area (Å²) in [6.07, 6.45) is 4.85. The number of carbonyl (C=O) groups excluding carboxylic acids is 1. The number of anilines is 1. The predicted molar refractivity (Wildman–Crippen MR) is 168 cm³/mol. The number of rotatable bonds is 7. The van der Waals surface area contributed by atoms with Crippen LogP contribution in [-0.4, -0.2) is 69.1 Å². The number of fused-ring (bicyclic) bond motifs is 1. The van der Waals surface area contributed by atoms with E-state index in [1.807, 2.05) is 72.0 Å². The Morgan fingerprint density at radius 2 is 1.88 bits per heavy atom. The number of para-hydroxylation sites is 1. The Morgan fingerprint density at radius 1 is 1.12 bits per heavy atom. The van der Waals surface area contributed by atoms with Gasteiger partial charge in [-0.1, -0.05) is 30.7 Å². The standard InChI is InChI=1S/C34H36N6O3/c1-4-30(41)39-17-15-24(16-18-39)40-20-23(21-40)11-14-28-31(32-33(35)36-22-37-34(32)38(28)3)27-13-12-26(19-29(27)42-5-2)43-25-9-7-6-8-10-25/h4,6-10,12-13,19,22-24H,1,5,15-18,20-21H2,2-3H3,(H2,35,36,37). The molecule has 4 heterocycles. The molecule has 2 aromatic carbocycles. The SMILES string of the molecule is C=CC(=O)N1CCC(N2CC(C#Cc3c(-c4ccc(Oc5ccccc5)cc4OCC)c4c(N)ncnc4n3C)C2)CC1. The van der Waals surface area contributed by atoms with Crippen LogP contribution in [0.2, 0.25) is 0 Å². The van der Waals surface area contributed by atoms with E-state index in [4.69, 9.17) is 15.2 Å². The molecular weight excluding hydrogens is 540 g/mol. The minimum absolute atomic E-state index is 0.0211. The highest BCUT2D eigenvalue weighted by atomic mass is 16.5. The molecule has 2 aliphatic heterocycles. The number of ether oxygens (including phenoxy) is 2. The van der Waals surface area contributed by atoms with Gasteiger partial charge in [0.2, 0.25) is 5.91 Å². The zero-order valence-electron chi connectivity index (χ0n) is 24.6. The van der Waals surface area contributed by atoms with Crippen LogP contribution in [0.3, 0.4) is 0 Å². The largest absolute Gasteiger partial charge is 0.493 e. The van der Waals surface area contributed by atoms with Crippen LogP contribution in [0.15, 0.2) is 67.5 Å². The van der Waals surface area contributed by atoms with Crippen molar-refractivity contribution in [3.8, 4) is 40.2 Å². The third-order valence-electron chi connectivity index (χ3n) is 8.27. The topological polar surface area (TPSA) is 98.7 Å². The number of nitrogen functional groups attached to an aromatic ring is 1. The van der Waals surface area contributed by atoms with Crippen LogP contribution >= 0.6 is 0 Å². The van der Waals surface area contributed by atoms with Gasteiger partial charge in [0.1, 0.15) is 40.7 Å². The lowest BCUT2D eigenvalue weighted by atomic mass is 9.93. The zero-order valence-corrected chi connectivity index (χ0v) is 24.6. The van der Waals surface area contributed by atoms with E-state index in [2.05, 4.69) is 33.3 Å². The van der Waals surface area contributed by atoms with E-state index < -0.39 is 0 Å². The Morgan fingerprint density at radius 3 is 2.60 bits per heavy atom. The fraction of sp³-hybridized carbons (Fsp3) is 0.324. The number of nitrogens with two attached hydrogens (primary N) is 1. The highest BCUT2D eigenvalue weighted by Crippen LogP contribution is 2.42. The number of hydrogen-bond donors (Lipinski definition) is 1. The van der Waals surface area contributed by atoms with E-state index in [0.29, 0.717) is 30.0 Å². The number of benzene rings is 2. The molecule has 0 unspecified atom stereocenters. The fourth-order valence-electron chi connectivity index (χ4n) is 6.01. The Hall–Kier alpha value is -4.81. The summed E-state index contributed by atoms with van der Waals surface area (Å²) >= 11 is 0. The average Bonchev–Trinajstić information content (AvgIpc) is 3.29. The minimum Gasteiger partial charge on any atom is -0.493 e. The molecule has 0 aliphatic carbocycles. The summed E-state index contributed by atoms with van der Waals surface area (Å²) in [5, 5.41) is 0.753. The van der Waals surface area contributed by atoms with Crippen LogP contribution in [0.4, 0.5) is 5.82 Å². The van der Waals surface area contributed by atoms with E-state index in [-0.39, 0.29) is 11.8 Å². The summed E-state index contributed by atoms with van der Waals surface area (Å²) < 4.78 is 14.2. The first-order valence-corrected chi connectivity index (χ1v) is 14.7. The van der Waals surface area contributed by atoms with Crippen LogP contribution in [0.1, 0.15) is 25.5 Å². The highest BCUT2D eigenvalue weighted by molar-refractivity contribution is 6.04. The first kappa shape index (κ1) is 28.3. The maximum Gasteiger partial charge on any atom is 0.245 e. The lowest BCUT2D eigenvalue weighted by Gasteiger charge is -2.45. The van der Waals surface area contributed by atoms with Crippen LogP contribution in [-0.2, 0) is 11.8 Å². The molecule has 6 rings (SSSR count). The first-order chi connectivity index (χ1) is 21.0. The van der Waals surface area contributed by atoms with E-state index in [1.54, 1.807) is 0 Å². The number of carbonyl (C=O) groups is 1. The highest BCUT2D eigenvalue weighted by Gasteiger charge is 2.34. The summed E-state index contributed by atoms with van der Waals surface area (Å²) in [6, 6.07) is 16.0. The van der Waals surface area contributed by atoms with Gasteiger partial charge in [-0.05, 0) is 56.0 Å². The summed E-state index contributed by atoms with van der Waals surface area (Å²) in [6.45, 7) is 9.45. The van der Waals surface area contributed by atoms with Crippen molar-refractivity contribution in [3.05, 3.63) is 73.2 Å². The van der Waals surface area contributed by atoms with Crippen LogP contribution < -0.4 is 15.2 Å². The van der Waals surface area contributed by atoms with Gasteiger partial charge in [0.15, 0.2) is 0 Å². The van der Waals surface area contributed by atoms with Crippen molar-refractivity contribution >= 4 is 22.8 Å². The lowest BCUT2D eigenvalue weighted by molar-refractivity contribution is -0.127. The molecule has 9 nitrogen and oxygen atoms in total. The lowest BCUT2D eigenvalue weighted by Crippen LogP contribution is -2.55. The summed E-state index contributed by atoms with van der Waals surface area (Å²) in [5.41, 5.74) is 9.69. The molecule has 0 radical (unpaired) electrons. The number of aryl methyl sites for hydroxylation is 1. The zero-order chi connectivity index (χ0) is 29.9. The van der Waals surface area contributed by atoms with Crippen molar-refractivity contribution in [3.63, 3.8) is 0 Å². The Labute approximate surface area is 251 Å². The van der Waals surface area contributed by atoms with E-state index in [0.717, 1.165) is 72.6 Å². The van der Waals surface area contributed by atoms with Gasteiger partial charge in [-0.2, -0.15) is 0 Å². The molecule has 220 valence electrons. The number of amides is 1. The minimum atomic E-state index is 0.0211. The third kappa shape index (κ3) is 5.66. The number of likely N-dealkylation sites (tertiary alicyclic amines) is 2. The second-order valence-corrected chi connectivity index (χ2v) is 10.9. The molecule has 0 spiro atoms. The third-order valence-corrected chi connectivity index (χ3v) is 8.27. The second kappa shape index (κ2) is 12.2. The molecule has 0 atom stereocenters. The van der Waals surface area contributed by atoms with Crippen molar-refractivity contribution in [2.24, 2.45) is 13.0 Å². The molecule has 2 aliphatic rings. The summed E-state index contributed by atoms with van der Waals surface area (Å²) in [4.78, 5) is 25.2. The van der Waals surface area contributed by atoms with Crippen molar-refractivity contribution in [1.82, 2.24) is 24.3 Å². The quantitative estimate of drug-likeness (QED) is 0.248. The molecule has 1 amide bonds. The average molecular weight is 577 g/mol. The number of piperidine rings is 1. The van der Waals surface area contributed by atoms with Crippen molar-refractivity contribution in [1.29, 1.82) is 0 Å². The monoisotopic (exact) mass is 576 g/mol. The van der Waals surface area contributed by atoms with Crippen molar-refractivity contribution in [2.45, 2.75) is 25.8 Å². The van der Waals surface area contributed by atoms with Crippen LogP contribution in [0.5, 0.6) is 17.2 Å². The maximum atomic E-state index is 11.9. The normalized spacial score (nSPS) is 15.9. The molecule has 4 aromatic rings. The first-order valence-electron chi connectivity index (χ1n) is 14.7. The van der Waals surface area contributed by atoms with Crippen LogP contribution in [0.25, 0.3) is 22.2 Å². The Balaban J connectivity index is 1.29. The summed E-state index contributed by atoms with van der Waals surface area (Å²) in [7, 11) is 1.96. The van der Waals surface area contributed by atoms with Gasteiger partial charge in [0.25, 0.3) is 0 Å². The van der Waals surface area contributed by atoms with Gasteiger partial charge < -0.3 is 24.7 Å². The Bertz CT molecular complexity index is 1710. The molecule has 2 fully saturated rings. The maximum absolute atomic E-state index is 11.9. The van der Waals surface area contributed by atoms with Crippen LogP contribution in [0, 0.1) is 17.8 Å². The van der Waals surface area contributed by atoms with Gasteiger partial charge in [-0.15, -0.1) is 0 Å². The number of nitrogens with zero attached hydrogens (tertiary/aromatic N) is 5. The molecule has 43 heavy (non-hydrogen) atoms. The molecule has 2 aromatic heterocycles. The van der Waals surface area contributed by atoms with E-state index >= 15 is 0 Å². The van der Waals surface area contributed by atoms with E-state index in [9.17, 15) is 4.79 Å². The Kier molecular flexibility index (Phi) is 8.03. The fourth-order valence-corrected chi connectivity index (χ4v) is 6.01. The number of hydrogen-bond acceptors (Lipinski definition) is 7.